The Hall–Kier alpha value is -3.20. The molecule has 1 atom stereocenters. The topological polar surface area (TPSA) is 209 Å². The first kappa shape index (κ1) is 16.8. The molecule has 0 saturated heterocycles. The van der Waals surface area contributed by atoms with E-state index in [2.05, 4.69) is 19.4 Å². The number of hydrogen-bond acceptors (Lipinski definition) is 12. The van der Waals surface area contributed by atoms with Crippen LogP contribution in [0.3, 0.4) is 0 Å². The number of nitrogens with zero attached hydrogens (tertiary/aromatic N) is 4. The monoisotopic (exact) mass is 302 g/mol. The second-order valence-electron chi connectivity index (χ2n) is 2.77. The van der Waals surface area contributed by atoms with Crippen LogP contribution >= 0.6 is 0 Å². The fourth-order valence-electron chi connectivity index (χ4n) is 1.03. The van der Waals surface area contributed by atoms with Crippen LogP contribution in [0.5, 0.6) is 0 Å². The summed E-state index contributed by atoms with van der Waals surface area (Å²) >= 11 is 0. The lowest BCUT2D eigenvalue weighted by Crippen LogP contribution is -2.54. The van der Waals surface area contributed by atoms with Gasteiger partial charge in [0, 0.05) is 0 Å². The van der Waals surface area contributed by atoms with Gasteiger partial charge in [0.15, 0.2) is 6.10 Å². The van der Waals surface area contributed by atoms with Crippen molar-refractivity contribution in [2.24, 2.45) is 0 Å². The van der Waals surface area contributed by atoms with E-state index < -0.39 is 38.8 Å². The highest BCUT2D eigenvalue weighted by atomic mass is 17.2. The molecule has 114 valence electrons. The smallest absolute Gasteiger partial charge is 0.303 e. The lowest BCUT2D eigenvalue weighted by Gasteiger charge is -2.30. The number of rotatable bonds is 10. The summed E-state index contributed by atoms with van der Waals surface area (Å²) in [5, 5.41) is 34.2. The molecule has 0 rings (SSSR count). The Kier molecular flexibility index (Phi) is 5.59. The van der Waals surface area contributed by atoms with Crippen LogP contribution in [0.15, 0.2) is 0 Å². The third-order valence-corrected chi connectivity index (χ3v) is 1.58. The zero-order valence-electron chi connectivity index (χ0n) is 9.47. The van der Waals surface area contributed by atoms with Gasteiger partial charge in [-0.2, -0.15) is 0 Å². The second-order valence-corrected chi connectivity index (χ2v) is 2.77. The predicted molar refractivity (Wildman–Crippen MR) is 49.1 cm³/mol. The van der Waals surface area contributed by atoms with Crippen LogP contribution in [0.4, 0.5) is 0 Å². The molecule has 0 amide bonds. The van der Waals surface area contributed by atoms with Gasteiger partial charge in [-0.3, -0.25) is 0 Å². The van der Waals surface area contributed by atoms with Crippen molar-refractivity contribution in [2.45, 2.75) is 25.4 Å². The van der Waals surface area contributed by atoms with Gasteiger partial charge in [0.05, 0.1) is 0 Å². The van der Waals surface area contributed by atoms with E-state index in [1.165, 1.54) is 0 Å². The standard InChI is InChI=1S/C4H6N4O12/c1-2-3(17-5(9)10)4(18-6(11)12,19-7(13)14)20-8(15)16/h3H,2H2,1H3. The van der Waals surface area contributed by atoms with Crippen LogP contribution in [0, 0.1) is 40.5 Å². The molecule has 0 aliphatic carbocycles. The van der Waals surface area contributed by atoms with Crippen molar-refractivity contribution in [3.63, 3.8) is 0 Å². The van der Waals surface area contributed by atoms with Gasteiger partial charge in [-0.25, -0.2) is 14.5 Å². The average Bonchev–Trinajstić information content (AvgIpc) is 2.21. The largest absolute Gasteiger partial charge is 0.433 e. The van der Waals surface area contributed by atoms with Crippen LogP contribution in [0.1, 0.15) is 13.3 Å². The van der Waals surface area contributed by atoms with Crippen molar-refractivity contribution in [2.75, 3.05) is 0 Å². The van der Waals surface area contributed by atoms with Crippen LogP contribution in [0.25, 0.3) is 0 Å². The van der Waals surface area contributed by atoms with Crippen LogP contribution in [-0.2, 0) is 19.4 Å². The Bertz CT molecular complexity index is 367. The highest BCUT2D eigenvalue weighted by Crippen LogP contribution is 2.26. The van der Waals surface area contributed by atoms with Crippen LogP contribution < -0.4 is 0 Å². The molecule has 0 heterocycles. The molecule has 0 spiro atoms. The summed E-state index contributed by atoms with van der Waals surface area (Å²) in [6, 6.07) is 0. The minimum atomic E-state index is -3.70. The molecule has 0 fully saturated rings. The van der Waals surface area contributed by atoms with Crippen molar-refractivity contribution in [3.05, 3.63) is 40.5 Å². The third kappa shape index (κ3) is 4.98. The molecule has 1 unspecified atom stereocenters. The van der Waals surface area contributed by atoms with Gasteiger partial charge >= 0.3 is 5.97 Å². The predicted octanol–water partition coefficient (Wildman–Crippen LogP) is -0.748. The molecule has 16 nitrogen and oxygen atoms in total. The van der Waals surface area contributed by atoms with Crippen molar-refractivity contribution in [1.29, 1.82) is 0 Å². The molecule has 0 bridgehead atoms. The molecular formula is C4H6N4O12. The van der Waals surface area contributed by atoms with E-state index in [9.17, 15) is 40.5 Å². The first-order chi connectivity index (χ1) is 9.12. The normalized spacial score (nSPS) is 11.8. The van der Waals surface area contributed by atoms with E-state index in [1.54, 1.807) is 0 Å². The summed E-state index contributed by atoms with van der Waals surface area (Å²) in [7, 11) is 0. The Labute approximate surface area is 107 Å². The minimum absolute atomic E-state index is 0.601. The highest BCUT2D eigenvalue weighted by Gasteiger charge is 2.53. The fraction of sp³-hybridized carbons (Fsp3) is 1.00. The molecule has 0 aliphatic heterocycles. The molecule has 0 radical (unpaired) electrons. The maximum atomic E-state index is 10.2. The van der Waals surface area contributed by atoms with Crippen molar-refractivity contribution in [3.8, 4) is 0 Å². The molecule has 0 aromatic carbocycles. The maximum absolute atomic E-state index is 10.2. The summed E-state index contributed by atoms with van der Waals surface area (Å²) in [5.41, 5.74) is 0. The van der Waals surface area contributed by atoms with E-state index in [1.807, 2.05) is 0 Å². The summed E-state index contributed by atoms with van der Waals surface area (Å²) < 4.78 is 0. The van der Waals surface area contributed by atoms with Gasteiger partial charge in [0.1, 0.15) is 0 Å². The highest BCUT2D eigenvalue weighted by molar-refractivity contribution is 4.65. The molecule has 16 heteroatoms. The van der Waals surface area contributed by atoms with E-state index in [-0.39, 0.29) is 0 Å². The zero-order valence-corrected chi connectivity index (χ0v) is 9.47. The molecule has 20 heavy (non-hydrogen) atoms. The Morgan fingerprint density at radius 3 is 1.40 bits per heavy atom. The molecular weight excluding hydrogens is 296 g/mol. The number of hydrogen-bond donors (Lipinski definition) is 0. The van der Waals surface area contributed by atoms with Crippen LogP contribution in [0.2, 0.25) is 0 Å². The van der Waals surface area contributed by atoms with Gasteiger partial charge in [-0.1, -0.05) is 6.92 Å². The molecule has 0 aromatic rings. The summed E-state index contributed by atoms with van der Waals surface area (Å²) in [5.74, 6) is -3.70. The Balaban J connectivity index is 5.62. The summed E-state index contributed by atoms with van der Waals surface area (Å²) in [4.78, 5) is 55.4. The van der Waals surface area contributed by atoms with Crippen molar-refractivity contribution in [1.82, 2.24) is 0 Å². The third-order valence-electron chi connectivity index (χ3n) is 1.58. The van der Waals surface area contributed by atoms with E-state index >= 15 is 0 Å². The zero-order chi connectivity index (χ0) is 15.9. The lowest BCUT2D eigenvalue weighted by atomic mass is 10.2. The Morgan fingerprint density at radius 1 is 0.850 bits per heavy atom. The van der Waals surface area contributed by atoms with Gasteiger partial charge in [0.2, 0.25) is 0 Å². The van der Waals surface area contributed by atoms with Gasteiger partial charge in [0.25, 0.3) is 20.3 Å². The first-order valence-electron chi connectivity index (χ1n) is 4.44. The lowest BCUT2D eigenvalue weighted by molar-refractivity contribution is -0.967. The van der Waals surface area contributed by atoms with Crippen molar-refractivity contribution < 1.29 is 39.7 Å². The van der Waals surface area contributed by atoms with Gasteiger partial charge in [-0.15, -0.1) is 40.5 Å². The Morgan fingerprint density at radius 2 is 1.20 bits per heavy atom. The molecule has 0 saturated carbocycles. The SMILES string of the molecule is CCC(O[N+](=O)[O-])C(O[N+](=O)[O-])(O[N+](=O)[O-])O[N+](=O)[O-]. The van der Waals surface area contributed by atoms with E-state index in [0.717, 1.165) is 6.92 Å². The quantitative estimate of drug-likeness (QED) is 0.277. The molecule has 0 aromatic heterocycles. The first-order valence-corrected chi connectivity index (χ1v) is 4.44. The molecule has 0 N–H and O–H groups in total. The summed E-state index contributed by atoms with van der Waals surface area (Å²) in [6.45, 7) is 1.08. The van der Waals surface area contributed by atoms with E-state index in [0.29, 0.717) is 0 Å². The second kappa shape index (κ2) is 6.66. The maximum Gasteiger partial charge on any atom is 0.433 e. The van der Waals surface area contributed by atoms with Gasteiger partial charge < -0.3 is 4.84 Å². The molecule has 0 aliphatic rings. The minimum Gasteiger partial charge on any atom is -0.303 e. The summed E-state index contributed by atoms with van der Waals surface area (Å²) in [6.07, 6.45) is -2.89. The van der Waals surface area contributed by atoms with Crippen molar-refractivity contribution >= 4 is 0 Å². The fourth-order valence-corrected chi connectivity index (χ4v) is 1.03. The van der Waals surface area contributed by atoms with Crippen LogP contribution in [-0.4, -0.2) is 32.4 Å². The average molecular weight is 302 g/mol. The van der Waals surface area contributed by atoms with Gasteiger partial charge in [-0.05, 0) is 6.42 Å². The van der Waals surface area contributed by atoms with E-state index in [4.69, 9.17) is 0 Å².